The quantitative estimate of drug-likeness (QED) is 0.575. The third-order valence-corrected chi connectivity index (χ3v) is 7.15. The summed E-state index contributed by atoms with van der Waals surface area (Å²) in [5.74, 6) is 3.03. The zero-order valence-corrected chi connectivity index (χ0v) is 21.0. The van der Waals surface area contributed by atoms with Crippen molar-refractivity contribution in [2.24, 2.45) is 0 Å². The molecular formula is C27H36N6O2. The molecule has 1 aromatic heterocycles. The smallest absolute Gasteiger partial charge is 0.227 e. The van der Waals surface area contributed by atoms with Crippen molar-refractivity contribution in [3.63, 3.8) is 0 Å². The van der Waals surface area contributed by atoms with E-state index in [1.54, 1.807) is 14.2 Å². The molecule has 0 spiro atoms. The van der Waals surface area contributed by atoms with E-state index < -0.39 is 0 Å². The van der Waals surface area contributed by atoms with Gasteiger partial charge in [-0.3, -0.25) is 0 Å². The molecule has 2 aromatic carbocycles. The number of rotatable bonds is 6. The number of ether oxygens (including phenoxy) is 2. The molecule has 0 unspecified atom stereocenters. The number of aromatic nitrogens is 2. The summed E-state index contributed by atoms with van der Waals surface area (Å²) in [6, 6.07) is 15.0. The van der Waals surface area contributed by atoms with Crippen LogP contribution >= 0.6 is 0 Å². The minimum Gasteiger partial charge on any atom is -0.493 e. The zero-order valence-electron chi connectivity index (χ0n) is 21.0. The van der Waals surface area contributed by atoms with Gasteiger partial charge < -0.3 is 29.5 Å². The monoisotopic (exact) mass is 476 g/mol. The molecule has 0 bridgehead atoms. The molecule has 186 valence electrons. The van der Waals surface area contributed by atoms with Crippen LogP contribution in [-0.2, 0) is 0 Å². The van der Waals surface area contributed by atoms with Gasteiger partial charge in [0.25, 0.3) is 0 Å². The van der Waals surface area contributed by atoms with Crippen molar-refractivity contribution in [2.45, 2.75) is 25.3 Å². The van der Waals surface area contributed by atoms with E-state index in [0.29, 0.717) is 17.5 Å². The summed E-state index contributed by atoms with van der Waals surface area (Å²) in [7, 11) is 5.51. The average molecular weight is 477 g/mol. The zero-order chi connectivity index (χ0) is 24.2. The number of benzene rings is 2. The average Bonchev–Trinajstić information content (AvgIpc) is 3.13. The van der Waals surface area contributed by atoms with E-state index in [1.165, 1.54) is 5.69 Å². The summed E-state index contributed by atoms with van der Waals surface area (Å²) in [5.41, 5.74) is 2.16. The Morgan fingerprint density at radius 3 is 2.31 bits per heavy atom. The molecule has 5 rings (SSSR count). The van der Waals surface area contributed by atoms with E-state index in [0.717, 1.165) is 81.2 Å². The maximum Gasteiger partial charge on any atom is 0.227 e. The summed E-state index contributed by atoms with van der Waals surface area (Å²) in [6.45, 7) is 6.02. The van der Waals surface area contributed by atoms with Gasteiger partial charge in [-0.05, 0) is 51.1 Å². The number of fused-ring (bicyclic) bond motifs is 1. The second-order valence-electron chi connectivity index (χ2n) is 9.48. The standard InChI is InChI=1S/C27H36N6O2/c1-31-12-7-13-33(17-16-31)27-29-23-19-25(35-3)24(34-2)18-22(23)26(30-27)28-20-10-14-32(15-11-20)21-8-5-4-6-9-21/h4-6,8-9,18-20H,7,10-17H2,1-3H3,(H,28,29,30). The van der Waals surface area contributed by atoms with E-state index in [9.17, 15) is 0 Å². The lowest BCUT2D eigenvalue weighted by atomic mass is 10.0. The molecule has 0 aliphatic carbocycles. The summed E-state index contributed by atoms with van der Waals surface area (Å²) in [6.07, 6.45) is 3.21. The maximum absolute atomic E-state index is 5.60. The lowest BCUT2D eigenvalue weighted by Gasteiger charge is -2.34. The number of nitrogens with zero attached hydrogens (tertiary/aromatic N) is 5. The third-order valence-electron chi connectivity index (χ3n) is 7.15. The summed E-state index contributed by atoms with van der Waals surface area (Å²) < 4.78 is 11.2. The molecule has 0 atom stereocenters. The molecule has 2 aliphatic heterocycles. The Kier molecular flexibility index (Phi) is 7.08. The molecule has 2 aliphatic rings. The predicted molar refractivity (Wildman–Crippen MR) is 142 cm³/mol. The Balaban J connectivity index is 1.43. The number of likely N-dealkylation sites (N-methyl/N-ethyl adjacent to an activating group) is 1. The second kappa shape index (κ2) is 10.6. The van der Waals surface area contributed by atoms with Crippen LogP contribution < -0.4 is 24.6 Å². The van der Waals surface area contributed by atoms with Gasteiger partial charge in [-0.15, -0.1) is 0 Å². The first-order valence-corrected chi connectivity index (χ1v) is 12.6. The van der Waals surface area contributed by atoms with E-state index in [1.807, 2.05) is 12.1 Å². The van der Waals surface area contributed by atoms with Crippen molar-refractivity contribution in [2.75, 3.05) is 75.7 Å². The van der Waals surface area contributed by atoms with Crippen molar-refractivity contribution in [3.05, 3.63) is 42.5 Å². The van der Waals surface area contributed by atoms with E-state index in [-0.39, 0.29) is 0 Å². The van der Waals surface area contributed by atoms with Gasteiger partial charge in [-0.25, -0.2) is 4.98 Å². The van der Waals surface area contributed by atoms with Gasteiger partial charge in [0.1, 0.15) is 5.82 Å². The first-order valence-electron chi connectivity index (χ1n) is 12.6. The highest BCUT2D eigenvalue weighted by Crippen LogP contribution is 2.36. The molecule has 3 heterocycles. The Morgan fingerprint density at radius 1 is 0.829 bits per heavy atom. The van der Waals surface area contributed by atoms with Crippen molar-refractivity contribution < 1.29 is 9.47 Å². The van der Waals surface area contributed by atoms with E-state index in [2.05, 4.69) is 57.4 Å². The van der Waals surface area contributed by atoms with Gasteiger partial charge in [-0.1, -0.05) is 18.2 Å². The van der Waals surface area contributed by atoms with Crippen molar-refractivity contribution in [1.29, 1.82) is 0 Å². The lowest BCUT2D eigenvalue weighted by Crippen LogP contribution is -2.39. The molecule has 3 aromatic rings. The van der Waals surface area contributed by atoms with Crippen LogP contribution in [0.2, 0.25) is 0 Å². The van der Waals surface area contributed by atoms with Crippen LogP contribution in [-0.4, -0.2) is 81.4 Å². The molecule has 0 radical (unpaired) electrons. The number of nitrogens with one attached hydrogen (secondary N) is 1. The molecule has 35 heavy (non-hydrogen) atoms. The highest BCUT2D eigenvalue weighted by Gasteiger charge is 2.23. The van der Waals surface area contributed by atoms with Gasteiger partial charge in [0.2, 0.25) is 5.95 Å². The first-order chi connectivity index (χ1) is 17.1. The topological polar surface area (TPSA) is 66.0 Å². The molecule has 0 saturated carbocycles. The predicted octanol–water partition coefficient (Wildman–Crippen LogP) is 3.87. The van der Waals surface area contributed by atoms with Crippen LogP contribution in [0.15, 0.2) is 42.5 Å². The fourth-order valence-electron chi connectivity index (χ4n) is 5.06. The molecular weight excluding hydrogens is 440 g/mol. The minimum atomic E-state index is 0.351. The van der Waals surface area contributed by atoms with Crippen molar-refractivity contribution in [1.82, 2.24) is 14.9 Å². The van der Waals surface area contributed by atoms with Crippen molar-refractivity contribution >= 4 is 28.4 Å². The number of hydrogen-bond donors (Lipinski definition) is 1. The van der Waals surface area contributed by atoms with Crippen molar-refractivity contribution in [3.8, 4) is 11.5 Å². The summed E-state index contributed by atoms with van der Waals surface area (Å²) >= 11 is 0. The minimum absolute atomic E-state index is 0.351. The fraction of sp³-hybridized carbons (Fsp3) is 0.481. The fourth-order valence-corrected chi connectivity index (χ4v) is 5.06. The van der Waals surface area contributed by atoms with Gasteiger partial charge in [0.05, 0.1) is 19.7 Å². The van der Waals surface area contributed by atoms with Gasteiger partial charge >= 0.3 is 0 Å². The SMILES string of the molecule is COc1cc2nc(N3CCCN(C)CC3)nc(NC3CCN(c4ccccc4)CC3)c2cc1OC. The number of hydrogen-bond acceptors (Lipinski definition) is 8. The first kappa shape index (κ1) is 23.5. The number of methoxy groups -OCH3 is 2. The normalized spacial score (nSPS) is 17.9. The lowest BCUT2D eigenvalue weighted by molar-refractivity contribution is 0.356. The van der Waals surface area contributed by atoms with Crippen LogP contribution in [0.4, 0.5) is 17.5 Å². The number of anilines is 3. The summed E-state index contributed by atoms with van der Waals surface area (Å²) in [4.78, 5) is 17.2. The Hall–Kier alpha value is -3.26. The maximum atomic E-state index is 5.60. The van der Waals surface area contributed by atoms with Crippen LogP contribution in [0, 0.1) is 0 Å². The second-order valence-corrected chi connectivity index (χ2v) is 9.48. The van der Waals surface area contributed by atoms with E-state index >= 15 is 0 Å². The van der Waals surface area contributed by atoms with E-state index in [4.69, 9.17) is 19.4 Å². The molecule has 8 heteroatoms. The van der Waals surface area contributed by atoms with Crippen LogP contribution in [0.1, 0.15) is 19.3 Å². The van der Waals surface area contributed by atoms with Crippen LogP contribution in [0.3, 0.4) is 0 Å². The van der Waals surface area contributed by atoms with Gasteiger partial charge in [0.15, 0.2) is 11.5 Å². The number of piperidine rings is 1. The van der Waals surface area contributed by atoms with Crippen LogP contribution in [0.25, 0.3) is 10.9 Å². The Labute approximate surface area is 207 Å². The number of para-hydroxylation sites is 1. The summed E-state index contributed by atoms with van der Waals surface area (Å²) in [5, 5.41) is 4.74. The molecule has 1 N–H and O–H groups in total. The van der Waals surface area contributed by atoms with Gasteiger partial charge in [0, 0.05) is 55.9 Å². The molecule has 0 amide bonds. The molecule has 8 nitrogen and oxygen atoms in total. The Morgan fingerprint density at radius 2 is 1.57 bits per heavy atom. The third kappa shape index (κ3) is 5.22. The molecule has 2 fully saturated rings. The van der Waals surface area contributed by atoms with Crippen LogP contribution in [0.5, 0.6) is 11.5 Å². The Bertz CT molecular complexity index is 1130. The highest BCUT2D eigenvalue weighted by molar-refractivity contribution is 5.93. The highest BCUT2D eigenvalue weighted by atomic mass is 16.5. The largest absolute Gasteiger partial charge is 0.493 e. The van der Waals surface area contributed by atoms with Gasteiger partial charge in [-0.2, -0.15) is 4.98 Å². The molecule has 2 saturated heterocycles.